The van der Waals surface area contributed by atoms with Crippen LogP contribution in [0, 0.1) is 0 Å². The molecule has 1 aromatic heterocycles. The summed E-state index contributed by atoms with van der Waals surface area (Å²) >= 11 is 5.96. The van der Waals surface area contributed by atoms with Crippen LogP contribution in [0.3, 0.4) is 0 Å². The Balaban J connectivity index is 1.62. The maximum atomic E-state index is 13.7. The second-order valence-electron chi connectivity index (χ2n) is 7.74. The lowest BCUT2D eigenvalue weighted by Gasteiger charge is -2.26. The largest absolute Gasteiger partial charge is 0.492 e. The van der Waals surface area contributed by atoms with Crippen molar-refractivity contribution in [3.63, 3.8) is 0 Å². The summed E-state index contributed by atoms with van der Waals surface area (Å²) in [7, 11) is -4.11. The van der Waals surface area contributed by atoms with E-state index in [1.165, 1.54) is 24.3 Å². The second kappa shape index (κ2) is 11.3. The van der Waals surface area contributed by atoms with Crippen LogP contribution in [0.4, 0.5) is 5.69 Å². The summed E-state index contributed by atoms with van der Waals surface area (Å²) < 4.78 is 35.9. The van der Waals surface area contributed by atoms with Crippen molar-refractivity contribution in [3.8, 4) is 11.4 Å². The van der Waals surface area contributed by atoms with Gasteiger partial charge in [0, 0.05) is 24.0 Å². The summed E-state index contributed by atoms with van der Waals surface area (Å²) in [5.41, 5.74) is 1.98. The quantitative estimate of drug-likeness (QED) is 0.331. The van der Waals surface area contributed by atoms with Crippen molar-refractivity contribution in [2.24, 2.45) is 0 Å². The lowest BCUT2D eigenvalue weighted by molar-refractivity contribution is -0.119. The van der Waals surface area contributed by atoms with Crippen LogP contribution in [-0.4, -0.2) is 37.0 Å². The van der Waals surface area contributed by atoms with Gasteiger partial charge in [-0.1, -0.05) is 41.9 Å². The molecule has 0 bridgehead atoms. The van der Waals surface area contributed by atoms with Gasteiger partial charge in [0.15, 0.2) is 0 Å². The van der Waals surface area contributed by atoms with E-state index in [-0.39, 0.29) is 17.1 Å². The minimum atomic E-state index is -4.11. The van der Waals surface area contributed by atoms with E-state index >= 15 is 0 Å². The maximum Gasteiger partial charge on any atom is 0.264 e. The minimum Gasteiger partial charge on any atom is -0.492 e. The van der Waals surface area contributed by atoms with Crippen LogP contribution in [-0.2, 0) is 21.4 Å². The van der Waals surface area contributed by atoms with E-state index in [0.29, 0.717) is 17.4 Å². The first-order valence-corrected chi connectivity index (χ1v) is 13.0. The topological polar surface area (TPSA) is 93.5 Å². The molecule has 0 aliphatic carbocycles. The number of imidazole rings is 1. The molecule has 36 heavy (non-hydrogen) atoms. The highest BCUT2D eigenvalue weighted by Gasteiger charge is 2.29. The first-order chi connectivity index (χ1) is 17.4. The Bertz CT molecular complexity index is 1420. The molecular weight excluding hydrogens is 500 g/mol. The van der Waals surface area contributed by atoms with Gasteiger partial charge in [0.1, 0.15) is 12.3 Å². The highest BCUT2D eigenvalue weighted by atomic mass is 35.5. The van der Waals surface area contributed by atoms with Gasteiger partial charge in [-0.25, -0.2) is 13.4 Å². The molecule has 1 N–H and O–H groups in total. The van der Waals surface area contributed by atoms with Crippen LogP contribution < -0.4 is 14.4 Å². The predicted octanol–water partition coefficient (Wildman–Crippen LogP) is 4.44. The molecule has 0 saturated carbocycles. The Hall–Kier alpha value is -3.82. The molecule has 186 valence electrons. The van der Waals surface area contributed by atoms with Crippen molar-refractivity contribution >= 4 is 33.2 Å². The van der Waals surface area contributed by atoms with Crippen LogP contribution in [0.2, 0.25) is 5.02 Å². The number of hydrogen-bond acceptors (Lipinski definition) is 5. The zero-order valence-electron chi connectivity index (χ0n) is 19.5. The van der Waals surface area contributed by atoms with Crippen LogP contribution in [0.15, 0.2) is 96.4 Å². The van der Waals surface area contributed by atoms with E-state index < -0.39 is 22.5 Å². The number of benzene rings is 3. The van der Waals surface area contributed by atoms with E-state index in [2.05, 4.69) is 10.3 Å². The SMILES string of the molecule is CCOc1ccccc1N(CC(=O)NCc1ccccc1-n1ccnc1)S(=O)(=O)c1ccc(Cl)cc1. The highest BCUT2D eigenvalue weighted by Crippen LogP contribution is 2.32. The minimum absolute atomic E-state index is 0.0106. The number of hydrogen-bond donors (Lipinski definition) is 1. The van der Waals surface area contributed by atoms with E-state index in [1.807, 2.05) is 35.0 Å². The van der Waals surface area contributed by atoms with Gasteiger partial charge in [-0.3, -0.25) is 9.10 Å². The number of halogens is 1. The second-order valence-corrected chi connectivity index (χ2v) is 10.0. The molecule has 3 aromatic carbocycles. The molecule has 0 saturated heterocycles. The van der Waals surface area contributed by atoms with Gasteiger partial charge < -0.3 is 14.6 Å². The standard InChI is InChI=1S/C26H25ClN4O4S/c1-2-35-25-10-6-5-9-24(25)31(36(33,34)22-13-11-21(27)12-14-22)18-26(32)29-17-20-7-3-4-8-23(20)30-16-15-28-19-30/h3-16,19H,2,17-18H2,1H3,(H,29,32). The fourth-order valence-electron chi connectivity index (χ4n) is 3.67. The van der Waals surface area contributed by atoms with E-state index in [4.69, 9.17) is 16.3 Å². The Morgan fingerprint density at radius 2 is 1.78 bits per heavy atom. The van der Waals surface area contributed by atoms with Crippen molar-refractivity contribution < 1.29 is 17.9 Å². The fourth-order valence-corrected chi connectivity index (χ4v) is 5.23. The molecule has 0 unspecified atom stereocenters. The average molecular weight is 525 g/mol. The summed E-state index contributed by atoms with van der Waals surface area (Å²) in [6, 6.07) is 20.1. The number of amides is 1. The summed E-state index contributed by atoms with van der Waals surface area (Å²) in [5, 5.41) is 3.25. The number of ether oxygens (including phenoxy) is 1. The third-order valence-corrected chi connectivity index (χ3v) is 7.40. The number of nitrogens with one attached hydrogen (secondary N) is 1. The van der Waals surface area contributed by atoms with Gasteiger partial charge in [0.2, 0.25) is 5.91 Å². The Morgan fingerprint density at radius 3 is 2.50 bits per heavy atom. The van der Waals surface area contributed by atoms with E-state index in [1.54, 1.807) is 43.7 Å². The number of nitrogens with zero attached hydrogens (tertiary/aromatic N) is 3. The molecular formula is C26H25ClN4O4S. The van der Waals surface area contributed by atoms with Crippen molar-refractivity contribution in [1.29, 1.82) is 0 Å². The molecule has 8 nitrogen and oxygen atoms in total. The van der Waals surface area contributed by atoms with Crippen molar-refractivity contribution in [1.82, 2.24) is 14.9 Å². The predicted molar refractivity (Wildman–Crippen MR) is 139 cm³/mol. The van der Waals surface area contributed by atoms with E-state index in [9.17, 15) is 13.2 Å². The summed E-state index contributed by atoms with van der Waals surface area (Å²) in [5.74, 6) is -0.116. The van der Waals surface area contributed by atoms with Crippen LogP contribution >= 0.6 is 11.6 Å². The summed E-state index contributed by atoms with van der Waals surface area (Å²) in [4.78, 5) is 17.2. The molecule has 4 aromatic rings. The van der Waals surface area contributed by atoms with Gasteiger partial charge >= 0.3 is 0 Å². The number of para-hydroxylation sites is 3. The number of carbonyl (C=O) groups excluding carboxylic acids is 1. The molecule has 10 heteroatoms. The van der Waals surface area contributed by atoms with Crippen LogP contribution in [0.25, 0.3) is 5.69 Å². The number of carbonyl (C=O) groups is 1. The lowest BCUT2D eigenvalue weighted by Crippen LogP contribution is -2.41. The van der Waals surface area contributed by atoms with Gasteiger partial charge in [-0.2, -0.15) is 0 Å². The molecule has 1 amide bonds. The molecule has 0 fully saturated rings. The maximum absolute atomic E-state index is 13.7. The Kier molecular flexibility index (Phi) is 7.92. The molecule has 0 aliphatic heterocycles. The zero-order chi connectivity index (χ0) is 25.5. The van der Waals surface area contributed by atoms with Gasteiger partial charge in [0.25, 0.3) is 10.0 Å². The van der Waals surface area contributed by atoms with E-state index in [0.717, 1.165) is 15.6 Å². The number of rotatable bonds is 10. The molecule has 0 aliphatic rings. The van der Waals surface area contributed by atoms with Gasteiger partial charge in [-0.15, -0.1) is 0 Å². The lowest BCUT2D eigenvalue weighted by atomic mass is 10.1. The smallest absolute Gasteiger partial charge is 0.264 e. The molecule has 0 atom stereocenters. The van der Waals surface area contributed by atoms with Crippen LogP contribution in [0.5, 0.6) is 5.75 Å². The number of aromatic nitrogens is 2. The Labute approximate surface area is 215 Å². The van der Waals surface area contributed by atoms with Crippen molar-refractivity contribution in [2.45, 2.75) is 18.4 Å². The third-order valence-electron chi connectivity index (χ3n) is 5.37. The van der Waals surface area contributed by atoms with Crippen LogP contribution in [0.1, 0.15) is 12.5 Å². The van der Waals surface area contributed by atoms with Crippen molar-refractivity contribution in [2.75, 3.05) is 17.5 Å². The first kappa shape index (κ1) is 25.3. The summed E-state index contributed by atoms with van der Waals surface area (Å²) in [6.45, 7) is 1.90. The van der Waals surface area contributed by atoms with Crippen molar-refractivity contribution in [3.05, 3.63) is 102 Å². The number of sulfonamides is 1. The first-order valence-electron chi connectivity index (χ1n) is 11.2. The number of anilines is 1. The highest BCUT2D eigenvalue weighted by molar-refractivity contribution is 7.92. The molecule has 0 spiro atoms. The van der Waals surface area contributed by atoms with Gasteiger partial charge in [0.05, 0.1) is 29.2 Å². The average Bonchev–Trinajstić information content (AvgIpc) is 3.42. The normalized spacial score (nSPS) is 11.2. The Morgan fingerprint density at radius 1 is 1.06 bits per heavy atom. The molecule has 1 heterocycles. The molecule has 4 rings (SSSR count). The third kappa shape index (κ3) is 5.69. The fraction of sp³-hybridized carbons (Fsp3) is 0.154. The zero-order valence-corrected chi connectivity index (χ0v) is 21.1. The van der Waals surface area contributed by atoms with Gasteiger partial charge in [-0.05, 0) is 55.0 Å². The molecule has 0 radical (unpaired) electrons. The summed E-state index contributed by atoms with van der Waals surface area (Å²) in [6.07, 6.45) is 5.15. The monoisotopic (exact) mass is 524 g/mol.